The van der Waals surface area contributed by atoms with Gasteiger partial charge in [0.25, 0.3) is 5.88 Å². The quantitative estimate of drug-likeness (QED) is 0.107. The van der Waals surface area contributed by atoms with Crippen LogP contribution in [0.2, 0.25) is 10.0 Å². The summed E-state index contributed by atoms with van der Waals surface area (Å²) < 4.78 is 16.6. The number of hydrogen-bond donors (Lipinski definition) is 4. The van der Waals surface area contributed by atoms with E-state index in [0.29, 0.717) is 68.0 Å². The normalized spacial score (nSPS) is 12.3. The Morgan fingerprint density at radius 1 is 0.586 bits per heavy atom. The Morgan fingerprint density at radius 3 is 1.59 bits per heavy atom. The fourth-order valence-corrected chi connectivity index (χ4v) is 5.98. The highest BCUT2D eigenvalue weighted by molar-refractivity contribution is 6.31. The van der Waals surface area contributed by atoms with E-state index in [1.54, 1.807) is 84.9 Å². The Balaban J connectivity index is 0.000000177. The maximum absolute atomic E-state index is 12.2. The number of nitrogens with one attached hydrogen (secondary N) is 4. The number of halogens is 2. The topological polar surface area (TPSA) is 196 Å². The summed E-state index contributed by atoms with van der Waals surface area (Å²) in [4.78, 5) is 63.7. The molecule has 0 bridgehead atoms. The van der Waals surface area contributed by atoms with Gasteiger partial charge in [0.2, 0.25) is 11.6 Å². The molecule has 292 valence electrons. The maximum Gasteiger partial charge on any atom is 0.323 e. The van der Waals surface area contributed by atoms with Crippen LogP contribution in [0.1, 0.15) is 28.1 Å². The number of ether oxygens (including phenoxy) is 3. The molecule has 0 fully saturated rings. The summed E-state index contributed by atoms with van der Waals surface area (Å²) in [7, 11) is 0. The van der Waals surface area contributed by atoms with Crippen LogP contribution in [0.5, 0.6) is 29.0 Å². The number of ketones is 1. The average molecular weight is 820 g/mol. The third-order valence-electron chi connectivity index (χ3n) is 8.59. The van der Waals surface area contributed by atoms with Gasteiger partial charge in [0.15, 0.2) is 0 Å². The first-order valence-electron chi connectivity index (χ1n) is 17.6. The first-order valence-corrected chi connectivity index (χ1v) is 18.3. The molecule has 4 amide bonds. The number of esters is 1. The van der Waals surface area contributed by atoms with Crippen molar-refractivity contribution in [3.8, 4) is 29.0 Å². The van der Waals surface area contributed by atoms with Crippen molar-refractivity contribution in [1.82, 2.24) is 19.9 Å². The van der Waals surface area contributed by atoms with Crippen LogP contribution in [0.4, 0.5) is 32.3 Å². The third-order valence-corrected chi connectivity index (χ3v) is 9.44. The van der Waals surface area contributed by atoms with E-state index in [9.17, 15) is 19.2 Å². The molecular weight excluding hydrogens is 787 g/mol. The molecule has 2 aromatic heterocycles. The summed E-state index contributed by atoms with van der Waals surface area (Å²) in [6, 6.07) is 23.3. The minimum atomic E-state index is -0.396. The molecule has 0 spiro atoms. The Labute approximate surface area is 341 Å². The van der Waals surface area contributed by atoms with Crippen molar-refractivity contribution in [2.45, 2.75) is 33.1 Å². The zero-order valence-electron chi connectivity index (χ0n) is 30.8. The first kappa shape index (κ1) is 39.1. The summed E-state index contributed by atoms with van der Waals surface area (Å²) >= 11 is 12.0. The lowest BCUT2D eigenvalue weighted by Gasteiger charge is -2.11. The lowest BCUT2D eigenvalue weighted by atomic mass is 10.2. The SMILES string of the molecule is Cc1cc(NC(=O)Nc2ccc(Oc3ncnc4c3CC(=O)C4)cc2)ccc1Cl.Cc1cc(NC(=O)Nc2ccc(Oc3ncnc4c3OC(=O)C4)cc2)ccc1Cl. The van der Waals surface area contributed by atoms with Crippen molar-refractivity contribution >= 4 is 69.8 Å². The summed E-state index contributed by atoms with van der Waals surface area (Å²) in [5, 5.41) is 12.3. The molecule has 4 aromatic carbocycles. The molecule has 0 unspecified atom stereocenters. The smallest absolute Gasteiger partial charge is 0.323 e. The van der Waals surface area contributed by atoms with E-state index >= 15 is 0 Å². The molecule has 2 aliphatic rings. The molecule has 4 N–H and O–H groups in total. The number of aromatic nitrogens is 4. The highest BCUT2D eigenvalue weighted by Crippen LogP contribution is 2.36. The van der Waals surface area contributed by atoms with Crippen molar-refractivity contribution in [2.24, 2.45) is 0 Å². The minimum absolute atomic E-state index is 0.0966. The molecule has 1 aliphatic heterocycles. The van der Waals surface area contributed by atoms with Gasteiger partial charge in [-0.15, -0.1) is 0 Å². The molecule has 3 heterocycles. The van der Waals surface area contributed by atoms with Gasteiger partial charge < -0.3 is 35.5 Å². The summed E-state index contributed by atoms with van der Waals surface area (Å²) in [6.07, 6.45) is 3.41. The van der Waals surface area contributed by atoms with Gasteiger partial charge in [0.1, 0.15) is 35.6 Å². The van der Waals surface area contributed by atoms with Gasteiger partial charge in [0.05, 0.1) is 12.1 Å². The van der Waals surface area contributed by atoms with E-state index in [4.69, 9.17) is 37.4 Å². The zero-order chi connectivity index (χ0) is 40.8. The van der Waals surface area contributed by atoms with Gasteiger partial charge in [-0.3, -0.25) is 9.59 Å². The van der Waals surface area contributed by atoms with Gasteiger partial charge in [-0.05, 0) is 110 Å². The fraction of sp³-hybridized carbons (Fsp3) is 0.122. The van der Waals surface area contributed by atoms with Gasteiger partial charge >= 0.3 is 18.0 Å². The first-order chi connectivity index (χ1) is 27.9. The van der Waals surface area contributed by atoms with Gasteiger partial charge in [0, 0.05) is 51.2 Å². The summed E-state index contributed by atoms with van der Waals surface area (Å²) in [6.45, 7) is 3.73. The maximum atomic E-state index is 12.2. The number of Topliss-reactive ketones (excluding diaryl/α,β-unsaturated/α-hetero) is 1. The van der Waals surface area contributed by atoms with Crippen LogP contribution in [-0.2, 0) is 28.9 Å². The van der Waals surface area contributed by atoms with Crippen molar-refractivity contribution in [3.05, 3.63) is 136 Å². The highest BCUT2D eigenvalue weighted by atomic mass is 35.5. The van der Waals surface area contributed by atoms with Gasteiger partial charge in [-0.1, -0.05) is 23.2 Å². The number of nitrogens with zero attached hydrogens (tertiary/aromatic N) is 4. The minimum Gasteiger partial charge on any atom is -0.439 e. The van der Waals surface area contributed by atoms with E-state index in [1.807, 2.05) is 13.8 Å². The van der Waals surface area contributed by atoms with E-state index < -0.39 is 5.97 Å². The molecule has 8 rings (SSSR count). The van der Waals surface area contributed by atoms with Crippen molar-refractivity contribution in [3.63, 3.8) is 0 Å². The predicted octanol–water partition coefficient (Wildman–Crippen LogP) is 8.88. The highest BCUT2D eigenvalue weighted by Gasteiger charge is 2.27. The Bertz CT molecular complexity index is 2380. The molecule has 0 radical (unpaired) electrons. The molecule has 0 atom stereocenters. The lowest BCUT2D eigenvalue weighted by molar-refractivity contribution is -0.132. The van der Waals surface area contributed by atoms with E-state index in [2.05, 4.69) is 41.2 Å². The Hall–Kier alpha value is -7.10. The molecule has 15 nitrogen and oxygen atoms in total. The number of urea groups is 2. The van der Waals surface area contributed by atoms with E-state index in [-0.39, 0.29) is 42.3 Å². The van der Waals surface area contributed by atoms with Crippen LogP contribution in [-0.4, -0.2) is 43.8 Å². The van der Waals surface area contributed by atoms with Crippen LogP contribution >= 0.6 is 23.2 Å². The average Bonchev–Trinajstić information content (AvgIpc) is 3.78. The summed E-state index contributed by atoms with van der Waals surface area (Å²) in [5.74, 6) is 1.50. The lowest BCUT2D eigenvalue weighted by Crippen LogP contribution is -2.19. The number of rotatable bonds is 8. The monoisotopic (exact) mass is 818 g/mol. The third kappa shape index (κ3) is 9.82. The number of carbonyl (C=O) groups is 4. The van der Waals surface area contributed by atoms with Crippen LogP contribution < -0.4 is 35.5 Å². The molecule has 0 saturated carbocycles. The number of hydrogen-bond acceptors (Lipinski definition) is 11. The predicted molar refractivity (Wildman–Crippen MR) is 217 cm³/mol. The molecule has 0 saturated heterocycles. The van der Waals surface area contributed by atoms with Crippen LogP contribution in [0, 0.1) is 13.8 Å². The summed E-state index contributed by atoms with van der Waals surface area (Å²) in [5.41, 5.74) is 6.14. The van der Waals surface area contributed by atoms with Crippen molar-refractivity contribution in [2.75, 3.05) is 21.3 Å². The number of benzene rings is 4. The van der Waals surface area contributed by atoms with Crippen LogP contribution in [0.25, 0.3) is 0 Å². The van der Waals surface area contributed by atoms with Gasteiger partial charge in [-0.2, -0.15) is 4.98 Å². The second kappa shape index (κ2) is 17.4. The van der Waals surface area contributed by atoms with Crippen molar-refractivity contribution < 1.29 is 33.4 Å². The number of amides is 4. The number of fused-ring (bicyclic) bond motifs is 2. The Kier molecular flexibility index (Phi) is 11.7. The molecule has 58 heavy (non-hydrogen) atoms. The number of anilines is 4. The second-order valence-corrected chi connectivity index (χ2v) is 13.8. The van der Waals surface area contributed by atoms with Crippen LogP contribution in [0.15, 0.2) is 97.6 Å². The van der Waals surface area contributed by atoms with Crippen LogP contribution in [0.3, 0.4) is 0 Å². The molecular formula is C41H32Cl2N8O7. The molecule has 6 aromatic rings. The van der Waals surface area contributed by atoms with Gasteiger partial charge in [-0.25, -0.2) is 24.5 Å². The fourth-order valence-electron chi connectivity index (χ4n) is 5.74. The number of carbonyl (C=O) groups excluding carboxylic acids is 4. The molecule has 17 heteroatoms. The standard InChI is InChI=1S/C21H17ClN4O3.C20H15ClN4O4/c1-12-8-14(4-7-18(12)22)26-21(28)25-13-2-5-16(6-3-13)29-20-17-9-15(27)10-19(17)23-11-24-20;1-11-8-13(4-7-15(11)21)25-20(27)24-12-2-5-14(6-3-12)28-19-18-16(22-10-23-19)9-17(26)29-18/h2-8,11H,9-10H2,1H3,(H2,25,26,28);2-8,10H,9H2,1H3,(H2,24,25,27). The number of aryl methyl sites for hydroxylation is 2. The van der Waals surface area contributed by atoms with Crippen molar-refractivity contribution in [1.29, 1.82) is 0 Å². The van der Waals surface area contributed by atoms with E-state index in [0.717, 1.165) is 16.7 Å². The largest absolute Gasteiger partial charge is 0.439 e. The second-order valence-electron chi connectivity index (χ2n) is 12.9. The molecule has 1 aliphatic carbocycles. The zero-order valence-corrected chi connectivity index (χ0v) is 32.3. The Morgan fingerprint density at radius 2 is 1.05 bits per heavy atom. The van der Waals surface area contributed by atoms with E-state index in [1.165, 1.54) is 12.7 Å².